The Labute approximate surface area is 171 Å². The van der Waals surface area contributed by atoms with Gasteiger partial charge >= 0.3 is 0 Å². The molecular weight excluding hydrogens is 416 g/mol. The number of para-hydroxylation sites is 1. The van der Waals surface area contributed by atoms with Crippen molar-refractivity contribution in [1.82, 2.24) is 9.84 Å². The Kier molecular flexibility index (Phi) is 5.07. The fraction of sp³-hybridized carbons (Fsp3) is 0.0526. The predicted octanol–water partition coefficient (Wildman–Crippen LogP) is 3.10. The summed E-state index contributed by atoms with van der Waals surface area (Å²) in [5, 5.41) is 0.881. The lowest BCUT2D eigenvalue weighted by atomic mass is 10.1. The van der Waals surface area contributed by atoms with Gasteiger partial charge in [0, 0.05) is 5.56 Å². The molecule has 28 heavy (non-hydrogen) atoms. The van der Waals surface area contributed by atoms with E-state index in [4.69, 9.17) is 17.0 Å². The highest BCUT2D eigenvalue weighted by atomic mass is 32.2. The summed E-state index contributed by atoms with van der Waals surface area (Å²) < 4.78 is 30.8. The van der Waals surface area contributed by atoms with Crippen molar-refractivity contribution in [3.8, 4) is 5.75 Å². The molecule has 0 radical (unpaired) electrons. The number of hydrogen-bond acceptors (Lipinski definition) is 6. The van der Waals surface area contributed by atoms with E-state index in [9.17, 15) is 13.2 Å². The number of benzene rings is 2. The molecule has 0 spiro atoms. The lowest BCUT2D eigenvalue weighted by Crippen LogP contribution is -2.44. The monoisotopic (exact) mass is 430 g/mol. The zero-order valence-corrected chi connectivity index (χ0v) is 16.8. The van der Waals surface area contributed by atoms with Gasteiger partial charge in [-0.15, -0.1) is 4.83 Å². The molecule has 0 bridgehead atoms. The molecule has 9 heteroatoms. The molecule has 2 aliphatic heterocycles. The summed E-state index contributed by atoms with van der Waals surface area (Å²) in [5.41, 5.74) is 1.71. The number of rotatable bonds is 4. The number of nitrogens with zero attached hydrogens (tertiary/aromatic N) is 1. The number of nitrogens with one attached hydrogen (secondary N) is 1. The Bertz CT molecular complexity index is 1120. The molecule has 4 rings (SSSR count). The summed E-state index contributed by atoms with van der Waals surface area (Å²) in [5.74, 6) is 0.261. The van der Waals surface area contributed by atoms with Crippen molar-refractivity contribution in [2.24, 2.45) is 0 Å². The van der Waals surface area contributed by atoms with Crippen LogP contribution in [0.2, 0.25) is 0 Å². The highest BCUT2D eigenvalue weighted by molar-refractivity contribution is 8.26. The van der Waals surface area contributed by atoms with Gasteiger partial charge in [0.25, 0.3) is 15.9 Å². The minimum atomic E-state index is -3.92. The van der Waals surface area contributed by atoms with Crippen LogP contribution in [0.3, 0.4) is 0 Å². The van der Waals surface area contributed by atoms with Gasteiger partial charge in [0.1, 0.15) is 12.4 Å². The van der Waals surface area contributed by atoms with Gasteiger partial charge < -0.3 is 4.74 Å². The van der Waals surface area contributed by atoms with E-state index in [1.165, 1.54) is 12.1 Å². The molecule has 2 aromatic rings. The summed E-state index contributed by atoms with van der Waals surface area (Å²) in [6, 6.07) is 15.4. The lowest BCUT2D eigenvalue weighted by Gasteiger charge is -2.16. The number of carbonyl (C=O) groups excluding carboxylic acids is 1. The maximum atomic E-state index is 12.7. The number of carbonyl (C=O) groups is 1. The second-order valence-electron chi connectivity index (χ2n) is 5.97. The number of fused-ring (bicyclic) bond motifs is 1. The molecule has 1 fully saturated rings. The first-order valence-corrected chi connectivity index (χ1v) is 10.9. The van der Waals surface area contributed by atoms with Gasteiger partial charge in [-0.05, 0) is 35.9 Å². The molecule has 0 aromatic heterocycles. The van der Waals surface area contributed by atoms with Crippen molar-refractivity contribution in [3.05, 3.63) is 76.7 Å². The molecule has 0 unspecified atom stereocenters. The van der Waals surface area contributed by atoms with Gasteiger partial charge in [0.15, 0.2) is 4.32 Å². The number of ether oxygens (including phenoxy) is 1. The average Bonchev–Trinajstić information content (AvgIpc) is 2.95. The Morgan fingerprint density at radius 2 is 1.82 bits per heavy atom. The van der Waals surface area contributed by atoms with E-state index < -0.39 is 15.9 Å². The SMILES string of the molecule is O=C1C(=CC2=Cc3ccccc3OC2)SC(=S)N1NS(=O)(=O)c1ccccc1. The van der Waals surface area contributed by atoms with Crippen LogP contribution in [0, 0.1) is 0 Å². The number of thiocarbonyl (C=S) groups is 1. The van der Waals surface area contributed by atoms with Crippen LogP contribution in [0.5, 0.6) is 5.75 Å². The van der Waals surface area contributed by atoms with Crippen LogP contribution in [-0.2, 0) is 14.8 Å². The van der Waals surface area contributed by atoms with Crippen molar-refractivity contribution < 1.29 is 17.9 Å². The van der Waals surface area contributed by atoms with Crippen LogP contribution in [0.1, 0.15) is 5.56 Å². The summed E-state index contributed by atoms with van der Waals surface area (Å²) in [7, 11) is -3.92. The van der Waals surface area contributed by atoms with Crippen LogP contribution in [0.15, 0.2) is 76.0 Å². The average molecular weight is 431 g/mol. The number of thioether (sulfide) groups is 1. The summed E-state index contributed by atoms with van der Waals surface area (Å²) in [6.07, 6.45) is 3.60. The maximum absolute atomic E-state index is 12.7. The van der Waals surface area contributed by atoms with Crippen LogP contribution >= 0.6 is 24.0 Å². The molecular formula is C19H14N2O4S3. The summed E-state index contributed by atoms with van der Waals surface area (Å²) in [4.78, 5) is 15.3. The Morgan fingerprint density at radius 1 is 1.11 bits per heavy atom. The first kappa shape index (κ1) is 18.9. The molecule has 2 heterocycles. The van der Waals surface area contributed by atoms with E-state index in [1.54, 1.807) is 24.3 Å². The van der Waals surface area contributed by atoms with Crippen LogP contribution in [-0.4, -0.2) is 30.3 Å². The fourth-order valence-corrected chi connectivity index (χ4v) is 5.05. The van der Waals surface area contributed by atoms with E-state index in [0.29, 0.717) is 11.5 Å². The summed E-state index contributed by atoms with van der Waals surface area (Å²) >= 11 is 6.23. The highest BCUT2D eigenvalue weighted by Gasteiger charge is 2.35. The lowest BCUT2D eigenvalue weighted by molar-refractivity contribution is -0.123. The van der Waals surface area contributed by atoms with Crippen LogP contribution < -0.4 is 9.57 Å². The fourth-order valence-electron chi connectivity index (χ4n) is 2.70. The first-order chi connectivity index (χ1) is 13.4. The van der Waals surface area contributed by atoms with Gasteiger partial charge in [0.2, 0.25) is 0 Å². The molecule has 1 amide bonds. The minimum absolute atomic E-state index is 0.0491. The third kappa shape index (κ3) is 3.74. The van der Waals surface area contributed by atoms with Gasteiger partial charge in [-0.2, -0.15) is 0 Å². The molecule has 2 aliphatic rings. The second kappa shape index (κ2) is 7.51. The van der Waals surface area contributed by atoms with E-state index in [1.807, 2.05) is 30.3 Å². The van der Waals surface area contributed by atoms with Crippen LogP contribution in [0.25, 0.3) is 6.08 Å². The molecule has 0 aliphatic carbocycles. The van der Waals surface area contributed by atoms with Crippen LogP contribution in [0.4, 0.5) is 0 Å². The quantitative estimate of drug-likeness (QED) is 0.593. The first-order valence-electron chi connectivity index (χ1n) is 8.22. The van der Waals surface area contributed by atoms with Crippen molar-refractivity contribution in [3.63, 3.8) is 0 Å². The van der Waals surface area contributed by atoms with Gasteiger partial charge in [-0.1, -0.05) is 60.4 Å². The Morgan fingerprint density at radius 3 is 2.61 bits per heavy atom. The van der Waals surface area contributed by atoms with Gasteiger partial charge in [-0.3, -0.25) is 4.79 Å². The van der Waals surface area contributed by atoms with Crippen molar-refractivity contribution >= 4 is 50.3 Å². The van der Waals surface area contributed by atoms with Gasteiger partial charge in [0.05, 0.1) is 9.80 Å². The number of hydrazine groups is 1. The highest BCUT2D eigenvalue weighted by Crippen LogP contribution is 2.33. The summed E-state index contributed by atoms with van der Waals surface area (Å²) in [6.45, 7) is 0.316. The van der Waals surface area contributed by atoms with E-state index in [-0.39, 0.29) is 9.22 Å². The van der Waals surface area contributed by atoms with E-state index in [0.717, 1.165) is 33.7 Å². The molecule has 2 aromatic carbocycles. The Hall–Kier alpha value is -2.46. The third-order valence-electron chi connectivity index (χ3n) is 4.03. The topological polar surface area (TPSA) is 75.7 Å². The zero-order chi connectivity index (χ0) is 19.7. The molecule has 0 saturated carbocycles. The van der Waals surface area contributed by atoms with E-state index in [2.05, 4.69) is 4.83 Å². The molecule has 1 N–H and O–H groups in total. The Balaban J connectivity index is 1.57. The normalized spacial score (nSPS) is 18.1. The third-order valence-corrected chi connectivity index (χ3v) is 6.65. The smallest absolute Gasteiger partial charge is 0.281 e. The number of sulfonamides is 1. The number of hydrogen-bond donors (Lipinski definition) is 1. The standard InChI is InChI=1S/C19H14N2O4S3/c22-18-17(11-13-10-14-6-4-5-9-16(14)25-12-13)27-19(26)21(18)20-28(23,24)15-7-2-1-3-8-15/h1-11,20H,12H2. The second-order valence-corrected chi connectivity index (χ2v) is 9.31. The molecule has 6 nitrogen and oxygen atoms in total. The molecule has 142 valence electrons. The van der Waals surface area contributed by atoms with Gasteiger partial charge in [-0.25, -0.2) is 13.4 Å². The van der Waals surface area contributed by atoms with Crippen molar-refractivity contribution in [2.75, 3.05) is 6.61 Å². The minimum Gasteiger partial charge on any atom is -0.488 e. The predicted molar refractivity (Wildman–Crippen MR) is 112 cm³/mol. The largest absolute Gasteiger partial charge is 0.488 e. The van der Waals surface area contributed by atoms with Crippen molar-refractivity contribution in [2.45, 2.75) is 4.90 Å². The molecule has 1 saturated heterocycles. The zero-order valence-electron chi connectivity index (χ0n) is 14.4. The number of amides is 1. The van der Waals surface area contributed by atoms with E-state index >= 15 is 0 Å². The molecule has 0 atom stereocenters. The van der Waals surface area contributed by atoms with Crippen molar-refractivity contribution in [1.29, 1.82) is 0 Å². The maximum Gasteiger partial charge on any atom is 0.281 e.